The minimum atomic E-state index is -0.191. The molecule has 1 aromatic carbocycles. The lowest BCUT2D eigenvalue weighted by Gasteiger charge is -2.32. The molecule has 0 spiro atoms. The number of nitrogens with one attached hydrogen (secondary N) is 1. The highest BCUT2D eigenvalue weighted by molar-refractivity contribution is 5.93. The molecule has 8 heteroatoms. The van der Waals surface area contributed by atoms with Crippen molar-refractivity contribution in [1.29, 1.82) is 0 Å². The Morgan fingerprint density at radius 2 is 1.85 bits per heavy atom. The zero-order valence-corrected chi connectivity index (χ0v) is 24.6. The first-order chi connectivity index (χ1) is 18.7. The number of benzene rings is 1. The van der Waals surface area contributed by atoms with Crippen LogP contribution in [0, 0.1) is 0 Å². The van der Waals surface area contributed by atoms with Crippen molar-refractivity contribution in [2.75, 3.05) is 53.1 Å². The number of rotatable bonds is 9. The first-order valence-corrected chi connectivity index (χ1v) is 13.5. The fraction of sp³-hybridized carbons (Fsp3) is 0.419. The SMILES string of the molecule is C=C(/C=C(\C)CN1CCC(c2ccc(C(=O)N(C)C)cc2)CC1)/C(=C\C=NC)n1cnc(NC)cc1=O.CC. The summed E-state index contributed by atoms with van der Waals surface area (Å²) in [5.74, 6) is 1.05. The molecule has 2 aromatic rings. The third-order valence-electron chi connectivity index (χ3n) is 6.55. The Morgan fingerprint density at radius 1 is 1.21 bits per heavy atom. The Hall–Kier alpha value is -3.78. The number of anilines is 1. The molecule has 3 rings (SSSR count). The zero-order chi connectivity index (χ0) is 28.9. The fourth-order valence-electron chi connectivity index (χ4n) is 4.56. The molecule has 0 bridgehead atoms. The van der Waals surface area contributed by atoms with Crippen LogP contribution in [0.2, 0.25) is 0 Å². The van der Waals surface area contributed by atoms with Crippen molar-refractivity contribution in [2.24, 2.45) is 4.99 Å². The predicted octanol–water partition coefficient (Wildman–Crippen LogP) is 4.94. The van der Waals surface area contributed by atoms with E-state index in [0.717, 1.165) is 43.6 Å². The van der Waals surface area contributed by atoms with Crippen LogP contribution >= 0.6 is 0 Å². The molecule has 210 valence electrons. The van der Waals surface area contributed by atoms with Crippen LogP contribution < -0.4 is 10.9 Å². The summed E-state index contributed by atoms with van der Waals surface area (Å²) < 4.78 is 1.48. The van der Waals surface area contributed by atoms with E-state index in [1.807, 2.05) is 32.1 Å². The summed E-state index contributed by atoms with van der Waals surface area (Å²) >= 11 is 0. The van der Waals surface area contributed by atoms with Crippen molar-refractivity contribution in [1.82, 2.24) is 19.4 Å². The summed E-state index contributed by atoms with van der Waals surface area (Å²) in [7, 11) is 6.95. The van der Waals surface area contributed by atoms with Crippen LogP contribution in [0.4, 0.5) is 5.82 Å². The van der Waals surface area contributed by atoms with Gasteiger partial charge in [0, 0.05) is 52.6 Å². The maximum absolute atomic E-state index is 12.6. The van der Waals surface area contributed by atoms with Crippen LogP contribution in [0.3, 0.4) is 0 Å². The minimum Gasteiger partial charge on any atom is -0.373 e. The number of allylic oxidation sites excluding steroid dienone is 4. The number of carbonyl (C=O) groups excluding carboxylic acids is 1. The number of hydrogen-bond acceptors (Lipinski definition) is 6. The summed E-state index contributed by atoms with van der Waals surface area (Å²) in [5.41, 5.74) is 4.36. The van der Waals surface area contributed by atoms with E-state index in [2.05, 4.69) is 45.8 Å². The molecule has 0 radical (unpaired) electrons. The number of nitrogens with zero attached hydrogens (tertiary/aromatic N) is 5. The topological polar surface area (TPSA) is 82.8 Å². The molecule has 2 heterocycles. The predicted molar refractivity (Wildman–Crippen MR) is 164 cm³/mol. The van der Waals surface area contributed by atoms with E-state index in [9.17, 15) is 9.59 Å². The normalized spacial score (nSPS) is 15.1. The van der Waals surface area contributed by atoms with Gasteiger partial charge in [0.15, 0.2) is 0 Å². The van der Waals surface area contributed by atoms with Crippen molar-refractivity contribution in [3.63, 3.8) is 0 Å². The molecule has 1 fully saturated rings. The molecule has 39 heavy (non-hydrogen) atoms. The molecular formula is C31H44N6O2. The quantitative estimate of drug-likeness (QED) is 0.366. The van der Waals surface area contributed by atoms with Gasteiger partial charge >= 0.3 is 0 Å². The van der Waals surface area contributed by atoms with Gasteiger partial charge in [-0.2, -0.15) is 0 Å². The van der Waals surface area contributed by atoms with Gasteiger partial charge in [-0.1, -0.05) is 44.2 Å². The van der Waals surface area contributed by atoms with Gasteiger partial charge in [0.1, 0.15) is 12.1 Å². The third-order valence-corrected chi connectivity index (χ3v) is 6.55. The van der Waals surface area contributed by atoms with Crippen LogP contribution in [-0.4, -0.2) is 79.3 Å². The Morgan fingerprint density at radius 3 is 2.38 bits per heavy atom. The van der Waals surface area contributed by atoms with Gasteiger partial charge in [0.2, 0.25) is 0 Å². The summed E-state index contributed by atoms with van der Waals surface area (Å²) in [6.07, 6.45) is 9.11. The second-order valence-corrected chi connectivity index (χ2v) is 9.58. The summed E-state index contributed by atoms with van der Waals surface area (Å²) in [6, 6.07) is 9.52. The van der Waals surface area contributed by atoms with Gasteiger partial charge in [-0.15, -0.1) is 0 Å². The average Bonchev–Trinajstić information content (AvgIpc) is 2.95. The Labute approximate surface area is 233 Å². The van der Waals surface area contributed by atoms with Gasteiger partial charge in [-0.25, -0.2) is 4.98 Å². The molecule has 1 amide bonds. The zero-order valence-electron chi connectivity index (χ0n) is 24.6. The molecule has 8 nitrogen and oxygen atoms in total. The number of likely N-dealkylation sites (tertiary alicyclic amines) is 1. The van der Waals surface area contributed by atoms with Crippen LogP contribution in [0.25, 0.3) is 5.70 Å². The lowest BCUT2D eigenvalue weighted by Crippen LogP contribution is -2.34. The van der Waals surface area contributed by atoms with Crippen molar-refractivity contribution < 1.29 is 4.79 Å². The maximum atomic E-state index is 12.6. The molecular weight excluding hydrogens is 488 g/mol. The maximum Gasteiger partial charge on any atom is 0.259 e. The van der Waals surface area contributed by atoms with Crippen molar-refractivity contribution >= 4 is 23.6 Å². The molecule has 0 saturated carbocycles. The van der Waals surface area contributed by atoms with E-state index in [4.69, 9.17) is 0 Å². The third kappa shape index (κ3) is 8.89. The van der Waals surface area contributed by atoms with E-state index in [1.54, 1.807) is 45.4 Å². The van der Waals surface area contributed by atoms with Gasteiger partial charge in [-0.05, 0) is 68.1 Å². The van der Waals surface area contributed by atoms with E-state index in [1.165, 1.54) is 28.1 Å². The molecule has 0 atom stereocenters. The van der Waals surface area contributed by atoms with Crippen LogP contribution in [0.15, 0.2) is 76.3 Å². The largest absolute Gasteiger partial charge is 0.373 e. The molecule has 1 aliphatic heterocycles. The lowest BCUT2D eigenvalue weighted by molar-refractivity contribution is 0.0827. The molecule has 0 aliphatic carbocycles. The Bertz CT molecular complexity index is 1250. The molecule has 1 saturated heterocycles. The van der Waals surface area contributed by atoms with Gasteiger partial charge in [0.25, 0.3) is 11.5 Å². The second kappa shape index (κ2) is 15.6. The highest BCUT2D eigenvalue weighted by atomic mass is 16.2. The summed E-state index contributed by atoms with van der Waals surface area (Å²) in [5, 5.41) is 2.88. The first-order valence-electron chi connectivity index (χ1n) is 13.5. The van der Waals surface area contributed by atoms with Crippen molar-refractivity contribution in [3.05, 3.63) is 88.0 Å². The lowest BCUT2D eigenvalue weighted by atomic mass is 9.88. The monoisotopic (exact) mass is 532 g/mol. The molecule has 1 aromatic heterocycles. The fourth-order valence-corrected chi connectivity index (χ4v) is 4.56. The average molecular weight is 533 g/mol. The molecule has 0 unspecified atom stereocenters. The van der Waals surface area contributed by atoms with Crippen LogP contribution in [0.1, 0.15) is 55.5 Å². The highest BCUT2D eigenvalue weighted by Crippen LogP contribution is 2.29. The van der Waals surface area contributed by atoms with Gasteiger partial charge < -0.3 is 10.2 Å². The molecule has 1 N–H and O–H groups in total. The number of carbonyl (C=O) groups is 1. The van der Waals surface area contributed by atoms with Crippen molar-refractivity contribution in [3.8, 4) is 0 Å². The number of hydrogen-bond donors (Lipinski definition) is 1. The second-order valence-electron chi connectivity index (χ2n) is 9.58. The smallest absolute Gasteiger partial charge is 0.259 e. The summed E-state index contributed by atoms with van der Waals surface area (Å²) in [4.78, 5) is 37.2. The highest BCUT2D eigenvalue weighted by Gasteiger charge is 2.21. The minimum absolute atomic E-state index is 0.0290. The van der Waals surface area contributed by atoms with E-state index >= 15 is 0 Å². The number of aromatic nitrogens is 2. The van der Waals surface area contributed by atoms with Crippen LogP contribution in [-0.2, 0) is 0 Å². The number of aliphatic imine (C=N–C) groups is 1. The Kier molecular flexibility index (Phi) is 12.6. The summed E-state index contributed by atoms with van der Waals surface area (Å²) in [6.45, 7) is 13.2. The van der Waals surface area contributed by atoms with Gasteiger partial charge in [-0.3, -0.25) is 24.0 Å². The number of amides is 1. The number of piperidine rings is 1. The standard InChI is InChI=1S/C29H38N6O2.C2H6/c1-21(17-22(2)26(11-14-30-3)35-20-32-27(31-4)18-28(35)36)19-34-15-12-24(13-16-34)23-7-9-25(10-8-23)29(37)33(5)6;1-2/h7-11,14,17-18,20,24,31H,2,12-13,15-16,19H2,1,3-6H3;1-2H3/b21-17+,26-11+,30-14?;. The molecule has 1 aliphatic rings. The van der Waals surface area contributed by atoms with E-state index in [0.29, 0.717) is 17.4 Å². The van der Waals surface area contributed by atoms with Crippen molar-refractivity contribution in [2.45, 2.75) is 39.5 Å². The van der Waals surface area contributed by atoms with Crippen LogP contribution in [0.5, 0.6) is 0 Å². The Balaban J connectivity index is 0.00000260. The first kappa shape index (κ1) is 31.4. The van der Waals surface area contributed by atoms with Gasteiger partial charge in [0.05, 0.1) is 5.70 Å². The van der Waals surface area contributed by atoms with E-state index < -0.39 is 0 Å². The van der Waals surface area contributed by atoms with E-state index in [-0.39, 0.29) is 11.5 Å².